The zero-order valence-corrected chi connectivity index (χ0v) is 4.89. The Hall–Kier alpha value is 0.440. The van der Waals surface area contributed by atoms with Gasteiger partial charge in [-0.25, -0.2) is 0 Å². The van der Waals surface area contributed by atoms with Gasteiger partial charge in [0.25, 0.3) is 6.85 Å². The second kappa shape index (κ2) is 1.94. The molecule has 0 bridgehead atoms. The summed E-state index contributed by atoms with van der Waals surface area (Å²) in [5.41, 5.74) is 0. The van der Waals surface area contributed by atoms with Crippen molar-refractivity contribution in [2.75, 3.05) is 12.8 Å². The van der Waals surface area contributed by atoms with E-state index >= 15 is 0 Å². The summed E-state index contributed by atoms with van der Waals surface area (Å²) in [6.45, 7) is 0.447. The lowest BCUT2D eigenvalue weighted by Gasteiger charge is -1.70. The highest BCUT2D eigenvalue weighted by Crippen LogP contribution is 2.18. The van der Waals surface area contributed by atoms with Gasteiger partial charge in [-0.3, -0.25) is 4.84 Å². The fraction of sp³-hybridized carbons (Fsp3) is 1.00. The van der Waals surface area contributed by atoms with Crippen molar-refractivity contribution in [3.63, 3.8) is 0 Å². The summed E-state index contributed by atoms with van der Waals surface area (Å²) in [5, 5.41) is 2.70. The molecule has 0 aromatic heterocycles. The van der Waals surface area contributed by atoms with E-state index in [0.29, 0.717) is 0 Å². The van der Waals surface area contributed by atoms with Crippen LogP contribution < -0.4 is 5.25 Å². The van der Waals surface area contributed by atoms with Gasteiger partial charge in [-0.1, -0.05) is 0 Å². The fourth-order valence-corrected chi connectivity index (χ4v) is 1.26. The molecule has 0 aromatic carbocycles. The first-order chi connectivity index (χ1) is 2.89. The third kappa shape index (κ3) is 0.949. The van der Waals surface area contributed by atoms with E-state index in [9.17, 15) is 0 Å². The summed E-state index contributed by atoms with van der Waals surface area (Å²) in [5.74, 6) is 0. The molecule has 2 nitrogen and oxygen atoms in total. The van der Waals surface area contributed by atoms with Crippen LogP contribution in [-0.4, -0.2) is 12.8 Å². The molecule has 0 amide bonds. The number of rotatable bonds is 0. The van der Waals surface area contributed by atoms with Crippen molar-refractivity contribution >= 4 is 18.7 Å². The smallest absolute Gasteiger partial charge is 0.258 e. The number of hydrogen-bond acceptors (Lipinski definition) is 2. The lowest BCUT2D eigenvalue weighted by molar-refractivity contribution is 0.132. The third-order valence-electron chi connectivity index (χ3n) is 0.563. The van der Waals surface area contributed by atoms with Crippen LogP contribution in [0.1, 0.15) is 0 Å². The van der Waals surface area contributed by atoms with Gasteiger partial charge in [0.15, 0.2) is 18.0 Å². The van der Waals surface area contributed by atoms with Crippen molar-refractivity contribution in [2.45, 2.75) is 0 Å². The summed E-state index contributed by atoms with van der Waals surface area (Å²) < 4.78 is 0. The molecule has 1 heterocycles. The van der Waals surface area contributed by atoms with Crippen LogP contribution in [0.5, 0.6) is 0 Å². The first kappa shape index (κ1) is 4.60. The minimum Gasteiger partial charge on any atom is -0.258 e. The lowest BCUT2D eigenvalue weighted by atomic mass is 10.9. The zero-order chi connectivity index (χ0) is 4.41. The summed E-state index contributed by atoms with van der Waals surface area (Å²) in [6, 6.07) is 0. The van der Waals surface area contributed by atoms with E-state index in [-0.39, 0.29) is 6.85 Å². The Labute approximate surface area is 42.3 Å². The summed E-state index contributed by atoms with van der Waals surface area (Å²) in [7, 11) is 0. The molecule has 1 N–H and O–H groups in total. The van der Waals surface area contributed by atoms with E-state index in [4.69, 9.17) is 16.6 Å². The second-order valence-corrected chi connectivity index (χ2v) is 3.75. The molecule has 4 heteroatoms. The highest BCUT2D eigenvalue weighted by atomic mass is 32.4. The molecular formula is C2H5NOPS+. The molecule has 0 aromatic rings. The van der Waals surface area contributed by atoms with Crippen molar-refractivity contribution in [1.29, 1.82) is 0 Å². The monoisotopic (exact) mass is 122 g/mol. The Morgan fingerprint density at radius 3 is 2.83 bits per heavy atom. The van der Waals surface area contributed by atoms with Gasteiger partial charge in [-0.2, -0.15) is 0 Å². The van der Waals surface area contributed by atoms with Gasteiger partial charge in [0, 0.05) is 0 Å². The molecule has 1 fully saturated rings. The first-order valence-electron chi connectivity index (χ1n) is 1.72. The molecule has 34 valence electrons. The predicted octanol–water partition coefficient (Wildman–Crippen LogP) is 0.380. The number of hydrogen-bond donors (Lipinski definition) is 1. The van der Waals surface area contributed by atoms with Crippen LogP contribution in [-0.2, 0) is 16.6 Å². The summed E-state index contributed by atoms with van der Waals surface area (Å²) >= 11 is 4.83. The Morgan fingerprint density at radius 1 is 1.83 bits per heavy atom. The Bertz CT molecular complexity index is 67.9. The van der Waals surface area contributed by atoms with Crippen LogP contribution in [0.4, 0.5) is 0 Å². The van der Waals surface area contributed by atoms with E-state index < -0.39 is 0 Å². The van der Waals surface area contributed by atoms with Crippen LogP contribution in [0, 0.1) is 0 Å². The molecule has 0 spiro atoms. The first-order valence-corrected chi connectivity index (χ1v) is 4.26. The standard InChI is InChI=1S/C2H5NOPS/c6-5-2-1-4-3-5/h1-2H2,(H,3,6)/q+1. The number of nitrogens with one attached hydrogen (secondary N) is 1. The molecule has 0 saturated carbocycles. The molecule has 1 aliphatic rings. The van der Waals surface area contributed by atoms with Crippen molar-refractivity contribution in [3.05, 3.63) is 0 Å². The van der Waals surface area contributed by atoms with E-state index in [1.165, 1.54) is 0 Å². The third-order valence-corrected chi connectivity index (χ3v) is 2.26. The van der Waals surface area contributed by atoms with E-state index in [1.54, 1.807) is 0 Å². The molecule has 6 heavy (non-hydrogen) atoms. The SMILES string of the molecule is S=[P+]1CCON1. The van der Waals surface area contributed by atoms with Crippen molar-refractivity contribution in [3.8, 4) is 0 Å². The van der Waals surface area contributed by atoms with Gasteiger partial charge in [0.05, 0.1) is 0 Å². The molecule has 1 saturated heterocycles. The Kier molecular flexibility index (Phi) is 1.48. The van der Waals surface area contributed by atoms with Crippen molar-refractivity contribution in [1.82, 2.24) is 5.25 Å². The normalized spacial score (nSPS) is 28.3. The fourth-order valence-electron chi connectivity index (χ4n) is 0.292. The summed E-state index contributed by atoms with van der Waals surface area (Å²) in [6.07, 6.45) is 1.03. The lowest BCUT2D eigenvalue weighted by Crippen LogP contribution is -1.91. The molecule has 0 radical (unpaired) electrons. The van der Waals surface area contributed by atoms with Crippen LogP contribution in [0.2, 0.25) is 0 Å². The van der Waals surface area contributed by atoms with Gasteiger partial charge in [-0.15, -0.1) is 0 Å². The molecule has 1 aliphatic heterocycles. The van der Waals surface area contributed by atoms with Gasteiger partial charge in [-0.05, 0) is 5.25 Å². The van der Waals surface area contributed by atoms with Crippen LogP contribution in [0.15, 0.2) is 0 Å². The average molecular weight is 122 g/mol. The topological polar surface area (TPSA) is 21.3 Å². The van der Waals surface area contributed by atoms with Crippen molar-refractivity contribution in [2.24, 2.45) is 0 Å². The maximum atomic E-state index is 4.83. The quantitative estimate of drug-likeness (QED) is 0.469. The van der Waals surface area contributed by atoms with Crippen LogP contribution in [0.3, 0.4) is 0 Å². The highest BCUT2D eigenvalue weighted by molar-refractivity contribution is 8.04. The zero-order valence-electron chi connectivity index (χ0n) is 3.18. The van der Waals surface area contributed by atoms with Gasteiger partial charge in [0.1, 0.15) is 6.61 Å². The molecule has 1 unspecified atom stereocenters. The van der Waals surface area contributed by atoms with Gasteiger partial charge < -0.3 is 0 Å². The van der Waals surface area contributed by atoms with Gasteiger partial charge in [0.2, 0.25) is 0 Å². The van der Waals surface area contributed by atoms with Crippen molar-refractivity contribution < 1.29 is 4.84 Å². The van der Waals surface area contributed by atoms with Gasteiger partial charge >= 0.3 is 0 Å². The minimum absolute atomic E-state index is 0.354. The molecule has 0 aliphatic carbocycles. The van der Waals surface area contributed by atoms with Crippen LogP contribution >= 0.6 is 6.85 Å². The van der Waals surface area contributed by atoms with Crippen LogP contribution in [0.25, 0.3) is 0 Å². The Morgan fingerprint density at radius 2 is 2.67 bits per heavy atom. The highest BCUT2D eigenvalue weighted by Gasteiger charge is 2.16. The van der Waals surface area contributed by atoms with E-state index in [0.717, 1.165) is 12.8 Å². The largest absolute Gasteiger partial charge is 0.291 e. The molecule has 1 rings (SSSR count). The van der Waals surface area contributed by atoms with E-state index in [2.05, 4.69) is 5.25 Å². The van der Waals surface area contributed by atoms with E-state index in [1.807, 2.05) is 0 Å². The average Bonchev–Trinajstić information content (AvgIpc) is 1.86. The summed E-state index contributed by atoms with van der Waals surface area (Å²) in [4.78, 5) is 4.73. The maximum Gasteiger partial charge on any atom is 0.291 e. The Balaban J connectivity index is 2.37. The predicted molar refractivity (Wildman–Crippen MR) is 28.2 cm³/mol. The maximum absolute atomic E-state index is 4.83. The molecule has 1 atom stereocenters. The minimum atomic E-state index is -0.354. The second-order valence-electron chi connectivity index (χ2n) is 1.04. The molecular weight excluding hydrogens is 117 g/mol.